The highest BCUT2D eigenvalue weighted by molar-refractivity contribution is 6.00. The van der Waals surface area contributed by atoms with Gasteiger partial charge >= 0.3 is 12.1 Å². The SMILES string of the molecule is O=C(O)[C@H]1CCCC[C@H]1C(=O)c1cc(F)cc(C(F)(F)F)c1. The van der Waals surface area contributed by atoms with E-state index in [9.17, 15) is 27.2 Å². The van der Waals surface area contributed by atoms with Gasteiger partial charge in [-0.1, -0.05) is 12.8 Å². The Labute approximate surface area is 123 Å². The molecule has 0 saturated heterocycles. The Bertz CT molecular complexity index is 595. The molecule has 0 aromatic heterocycles. The first-order valence-electron chi connectivity index (χ1n) is 6.85. The van der Waals surface area contributed by atoms with Gasteiger partial charge in [-0.25, -0.2) is 4.39 Å². The maximum Gasteiger partial charge on any atom is 0.416 e. The summed E-state index contributed by atoms with van der Waals surface area (Å²) in [7, 11) is 0. The van der Waals surface area contributed by atoms with Gasteiger partial charge < -0.3 is 5.11 Å². The zero-order valence-electron chi connectivity index (χ0n) is 11.5. The van der Waals surface area contributed by atoms with E-state index in [1.165, 1.54) is 0 Å². The molecule has 0 amide bonds. The number of hydrogen-bond acceptors (Lipinski definition) is 2. The highest BCUT2D eigenvalue weighted by atomic mass is 19.4. The van der Waals surface area contributed by atoms with E-state index in [1.807, 2.05) is 0 Å². The molecule has 0 unspecified atom stereocenters. The lowest BCUT2D eigenvalue weighted by Crippen LogP contribution is -2.32. The molecule has 120 valence electrons. The van der Waals surface area contributed by atoms with Crippen LogP contribution in [0.4, 0.5) is 17.6 Å². The molecule has 1 aromatic rings. The second-order valence-corrected chi connectivity index (χ2v) is 5.43. The van der Waals surface area contributed by atoms with Gasteiger partial charge in [-0.3, -0.25) is 9.59 Å². The van der Waals surface area contributed by atoms with Crippen molar-refractivity contribution in [1.82, 2.24) is 0 Å². The number of alkyl halides is 3. The summed E-state index contributed by atoms with van der Waals surface area (Å²) in [5, 5.41) is 9.14. The fraction of sp³-hybridized carbons (Fsp3) is 0.467. The van der Waals surface area contributed by atoms with Crippen molar-refractivity contribution < 1.29 is 32.3 Å². The normalized spacial score (nSPS) is 22.4. The summed E-state index contributed by atoms with van der Waals surface area (Å²) >= 11 is 0. The first-order chi connectivity index (χ1) is 10.2. The Morgan fingerprint density at radius 1 is 1.05 bits per heavy atom. The topological polar surface area (TPSA) is 54.4 Å². The van der Waals surface area contributed by atoms with Crippen LogP contribution >= 0.6 is 0 Å². The van der Waals surface area contributed by atoms with E-state index in [1.54, 1.807) is 0 Å². The molecule has 0 aliphatic heterocycles. The van der Waals surface area contributed by atoms with Crippen LogP contribution in [0.1, 0.15) is 41.6 Å². The molecular formula is C15H14F4O3. The van der Waals surface area contributed by atoms with Crippen LogP contribution < -0.4 is 0 Å². The quantitative estimate of drug-likeness (QED) is 0.679. The van der Waals surface area contributed by atoms with Crippen LogP contribution in [-0.2, 0) is 11.0 Å². The molecule has 3 nitrogen and oxygen atoms in total. The number of rotatable bonds is 3. The minimum absolute atomic E-state index is 0.285. The molecule has 1 saturated carbocycles. The zero-order chi connectivity index (χ0) is 16.5. The van der Waals surface area contributed by atoms with Crippen LogP contribution in [0.25, 0.3) is 0 Å². The van der Waals surface area contributed by atoms with Gasteiger partial charge in [0.2, 0.25) is 0 Å². The monoisotopic (exact) mass is 318 g/mol. The van der Waals surface area contributed by atoms with E-state index in [2.05, 4.69) is 0 Å². The van der Waals surface area contributed by atoms with Crippen molar-refractivity contribution in [2.45, 2.75) is 31.9 Å². The largest absolute Gasteiger partial charge is 0.481 e. The number of carbonyl (C=O) groups is 2. The van der Waals surface area contributed by atoms with E-state index in [0.717, 1.165) is 6.07 Å². The number of carboxylic acids is 1. The first-order valence-corrected chi connectivity index (χ1v) is 6.85. The third-order valence-electron chi connectivity index (χ3n) is 3.93. The Morgan fingerprint density at radius 3 is 2.18 bits per heavy atom. The van der Waals surface area contributed by atoms with Gasteiger partial charge in [-0.2, -0.15) is 13.2 Å². The number of halogens is 4. The highest BCUT2D eigenvalue weighted by Crippen LogP contribution is 2.35. The van der Waals surface area contributed by atoms with Gasteiger partial charge in [-0.05, 0) is 31.0 Å². The second kappa shape index (κ2) is 6.06. The molecule has 1 aliphatic rings. The van der Waals surface area contributed by atoms with Crippen LogP contribution in [0.2, 0.25) is 0 Å². The zero-order valence-corrected chi connectivity index (χ0v) is 11.5. The van der Waals surface area contributed by atoms with E-state index in [0.29, 0.717) is 31.4 Å². The van der Waals surface area contributed by atoms with E-state index >= 15 is 0 Å². The van der Waals surface area contributed by atoms with Gasteiger partial charge in [0.1, 0.15) is 5.82 Å². The standard InChI is InChI=1S/C15H14F4O3/c16-10-6-8(5-9(7-10)15(17,18)19)13(20)11-3-1-2-4-12(11)14(21)22/h5-7,11-12H,1-4H2,(H,21,22)/t11-,12+/m1/s1. The second-order valence-electron chi connectivity index (χ2n) is 5.43. The molecule has 1 N–H and O–H groups in total. The van der Waals surface area contributed by atoms with Crippen LogP contribution in [-0.4, -0.2) is 16.9 Å². The summed E-state index contributed by atoms with van der Waals surface area (Å²) < 4.78 is 51.4. The molecule has 0 bridgehead atoms. The molecule has 0 radical (unpaired) electrons. The molecule has 22 heavy (non-hydrogen) atoms. The summed E-state index contributed by atoms with van der Waals surface area (Å²) in [6.45, 7) is 0. The molecular weight excluding hydrogens is 304 g/mol. The Hall–Kier alpha value is -1.92. The predicted octanol–water partition coefficient (Wildman–Crippen LogP) is 3.92. The number of hydrogen-bond donors (Lipinski definition) is 1. The summed E-state index contributed by atoms with van der Waals surface area (Å²) in [4.78, 5) is 23.5. The molecule has 1 aliphatic carbocycles. The molecule has 2 rings (SSSR count). The van der Waals surface area contributed by atoms with Crippen LogP contribution in [0.15, 0.2) is 18.2 Å². The lowest BCUT2D eigenvalue weighted by atomic mass is 9.75. The Kier molecular flexibility index (Phi) is 4.53. The predicted molar refractivity (Wildman–Crippen MR) is 68.8 cm³/mol. The number of ketones is 1. The molecule has 2 atom stereocenters. The average Bonchev–Trinajstić information content (AvgIpc) is 2.45. The minimum atomic E-state index is -4.77. The van der Waals surface area contributed by atoms with Gasteiger partial charge in [0.25, 0.3) is 0 Å². The first kappa shape index (κ1) is 16.5. The van der Waals surface area contributed by atoms with Crippen molar-refractivity contribution in [2.24, 2.45) is 11.8 Å². The Morgan fingerprint density at radius 2 is 1.64 bits per heavy atom. The minimum Gasteiger partial charge on any atom is -0.481 e. The number of Topliss-reactive ketones (excluding diaryl/α,β-unsaturated/α-hetero) is 1. The van der Waals surface area contributed by atoms with Crippen molar-refractivity contribution in [3.8, 4) is 0 Å². The molecule has 7 heteroatoms. The number of carboxylic acid groups (broad SMARTS) is 1. The summed E-state index contributed by atoms with van der Waals surface area (Å²) in [5.41, 5.74) is -1.68. The number of carbonyl (C=O) groups excluding carboxylic acids is 1. The van der Waals surface area contributed by atoms with E-state index in [4.69, 9.17) is 5.11 Å². The highest BCUT2D eigenvalue weighted by Gasteiger charge is 2.37. The van der Waals surface area contributed by atoms with Crippen molar-refractivity contribution in [3.63, 3.8) is 0 Å². The van der Waals surface area contributed by atoms with Crippen LogP contribution in [0, 0.1) is 17.7 Å². The number of aliphatic carboxylic acids is 1. The van der Waals surface area contributed by atoms with E-state index in [-0.39, 0.29) is 6.42 Å². The molecule has 0 heterocycles. The summed E-state index contributed by atoms with van der Waals surface area (Å²) in [6, 6.07) is 1.62. The molecule has 1 fully saturated rings. The Balaban J connectivity index is 2.36. The van der Waals surface area contributed by atoms with Gasteiger partial charge in [-0.15, -0.1) is 0 Å². The summed E-state index contributed by atoms with van der Waals surface area (Å²) in [6.07, 6.45) is -2.91. The lowest BCUT2D eigenvalue weighted by Gasteiger charge is -2.27. The fourth-order valence-electron chi connectivity index (χ4n) is 2.85. The van der Waals surface area contributed by atoms with Gasteiger partial charge in [0.15, 0.2) is 5.78 Å². The van der Waals surface area contributed by atoms with E-state index < -0.39 is 46.7 Å². The summed E-state index contributed by atoms with van der Waals surface area (Å²) in [5.74, 6) is -4.89. The van der Waals surface area contributed by atoms with Crippen molar-refractivity contribution >= 4 is 11.8 Å². The van der Waals surface area contributed by atoms with Gasteiger partial charge in [0.05, 0.1) is 11.5 Å². The van der Waals surface area contributed by atoms with Crippen molar-refractivity contribution in [2.75, 3.05) is 0 Å². The smallest absolute Gasteiger partial charge is 0.416 e. The van der Waals surface area contributed by atoms with Crippen LogP contribution in [0.5, 0.6) is 0 Å². The molecule has 1 aromatic carbocycles. The van der Waals surface area contributed by atoms with Crippen molar-refractivity contribution in [1.29, 1.82) is 0 Å². The van der Waals surface area contributed by atoms with Crippen molar-refractivity contribution in [3.05, 3.63) is 35.1 Å². The molecule has 0 spiro atoms. The van der Waals surface area contributed by atoms with Crippen LogP contribution in [0.3, 0.4) is 0 Å². The van der Waals surface area contributed by atoms with Gasteiger partial charge in [0, 0.05) is 11.5 Å². The lowest BCUT2D eigenvalue weighted by molar-refractivity contribution is -0.144. The average molecular weight is 318 g/mol. The maximum atomic E-state index is 13.4. The third kappa shape index (κ3) is 3.45. The third-order valence-corrected chi connectivity index (χ3v) is 3.93. The fourth-order valence-corrected chi connectivity index (χ4v) is 2.85. The maximum absolute atomic E-state index is 13.4. The number of benzene rings is 1.